The minimum Gasteiger partial charge on any atom is -0.467 e. The van der Waals surface area contributed by atoms with Crippen LogP contribution in [0.3, 0.4) is 0 Å². The zero-order chi connectivity index (χ0) is 15.6. The molecule has 6 nitrogen and oxygen atoms in total. The number of alkyl halides is 1. The van der Waals surface area contributed by atoms with Crippen molar-refractivity contribution in [1.29, 1.82) is 0 Å². The molecule has 0 fully saturated rings. The number of para-hydroxylation sites is 1. The quantitative estimate of drug-likeness (QED) is 0.687. The fourth-order valence-electron chi connectivity index (χ4n) is 1.80. The molecule has 0 saturated carbocycles. The minimum absolute atomic E-state index is 0.0405. The van der Waals surface area contributed by atoms with Crippen molar-refractivity contribution in [2.45, 2.75) is 11.8 Å². The number of halogens is 2. The first-order chi connectivity index (χ1) is 9.90. The molecule has 1 atom stereocenters. The number of nitrogens with zero attached hydrogens (tertiary/aromatic N) is 3. The number of hydrogen-bond donors (Lipinski definition) is 1. The van der Waals surface area contributed by atoms with E-state index in [1.807, 2.05) is 0 Å². The zero-order valence-corrected chi connectivity index (χ0v) is 12.5. The third-order valence-corrected chi connectivity index (χ3v) is 3.31. The van der Waals surface area contributed by atoms with Gasteiger partial charge in [0.1, 0.15) is 10.7 Å². The molecule has 0 aliphatic rings. The number of anilines is 1. The van der Waals surface area contributed by atoms with Gasteiger partial charge in [-0.1, -0.05) is 12.1 Å². The van der Waals surface area contributed by atoms with Crippen molar-refractivity contribution in [3.05, 3.63) is 35.4 Å². The molecule has 21 heavy (non-hydrogen) atoms. The van der Waals surface area contributed by atoms with Crippen LogP contribution < -0.4 is 15.2 Å². The van der Waals surface area contributed by atoms with Crippen LogP contribution in [0, 0.1) is 5.82 Å². The van der Waals surface area contributed by atoms with Gasteiger partial charge < -0.3 is 15.2 Å². The number of hydrogen-bond acceptors (Lipinski definition) is 6. The van der Waals surface area contributed by atoms with Crippen molar-refractivity contribution >= 4 is 17.3 Å². The molecule has 0 aliphatic heterocycles. The number of rotatable bonds is 4. The summed E-state index contributed by atoms with van der Waals surface area (Å²) in [5.74, 6) is -0.419. The lowest BCUT2D eigenvalue weighted by molar-refractivity contribution is 0.334. The molecule has 0 aliphatic carbocycles. The lowest BCUT2D eigenvalue weighted by Gasteiger charge is -2.23. The summed E-state index contributed by atoms with van der Waals surface area (Å²) in [6, 6.07) is 4.45. The molecule has 1 aromatic heterocycles. The predicted molar refractivity (Wildman–Crippen MR) is 76.1 cm³/mol. The lowest BCUT2D eigenvalue weighted by Crippen LogP contribution is -2.22. The summed E-state index contributed by atoms with van der Waals surface area (Å²) in [5, 5.41) is 0. The molecule has 0 radical (unpaired) electrons. The number of benzene rings is 1. The van der Waals surface area contributed by atoms with Crippen LogP contribution >= 0.6 is 11.6 Å². The molecule has 1 unspecified atom stereocenters. The SMILES string of the molecule is COc1nc(OC)nc(C(C)(Cl)c2cccc(F)c2N)n1. The van der Waals surface area contributed by atoms with Crippen LogP contribution in [0.15, 0.2) is 18.2 Å². The Bertz CT molecular complexity index is 644. The first kappa shape index (κ1) is 15.2. The number of ether oxygens (including phenoxy) is 2. The monoisotopic (exact) mass is 312 g/mol. The summed E-state index contributed by atoms with van der Waals surface area (Å²) in [6.07, 6.45) is 0. The third kappa shape index (κ3) is 2.82. The van der Waals surface area contributed by atoms with E-state index in [0.717, 1.165) is 0 Å². The van der Waals surface area contributed by atoms with Crippen molar-refractivity contribution in [3.63, 3.8) is 0 Å². The first-order valence-electron chi connectivity index (χ1n) is 5.98. The highest BCUT2D eigenvalue weighted by molar-refractivity contribution is 6.25. The molecular formula is C13H14ClFN4O2. The maximum atomic E-state index is 13.6. The van der Waals surface area contributed by atoms with Gasteiger partial charge in [0.2, 0.25) is 0 Å². The van der Waals surface area contributed by atoms with E-state index in [-0.39, 0.29) is 23.5 Å². The van der Waals surface area contributed by atoms with E-state index in [4.69, 9.17) is 26.8 Å². The molecule has 112 valence electrons. The Hall–Kier alpha value is -2.15. The van der Waals surface area contributed by atoms with Crippen LogP contribution in [0.2, 0.25) is 0 Å². The highest BCUT2D eigenvalue weighted by Crippen LogP contribution is 2.38. The van der Waals surface area contributed by atoms with E-state index in [9.17, 15) is 4.39 Å². The molecule has 8 heteroatoms. The third-order valence-electron chi connectivity index (χ3n) is 2.94. The van der Waals surface area contributed by atoms with Gasteiger partial charge in [-0.25, -0.2) is 4.39 Å². The van der Waals surface area contributed by atoms with Gasteiger partial charge in [-0.3, -0.25) is 0 Å². The Morgan fingerprint density at radius 3 is 2.24 bits per heavy atom. The summed E-state index contributed by atoms with van der Waals surface area (Å²) in [4.78, 5) is 10.8. The van der Waals surface area contributed by atoms with Gasteiger partial charge in [0.05, 0.1) is 19.9 Å². The summed E-state index contributed by atoms with van der Waals surface area (Å²) < 4.78 is 23.6. The average Bonchev–Trinajstić information content (AvgIpc) is 2.49. The van der Waals surface area contributed by atoms with E-state index < -0.39 is 10.7 Å². The molecule has 2 aromatic rings. The van der Waals surface area contributed by atoms with Crippen LogP contribution in [0.1, 0.15) is 18.3 Å². The molecule has 0 saturated heterocycles. The van der Waals surface area contributed by atoms with Crippen molar-refractivity contribution in [2.75, 3.05) is 20.0 Å². The zero-order valence-electron chi connectivity index (χ0n) is 11.7. The fourth-order valence-corrected chi connectivity index (χ4v) is 2.05. The van der Waals surface area contributed by atoms with Crippen LogP contribution in [-0.4, -0.2) is 29.2 Å². The number of methoxy groups -OCH3 is 2. The number of nitrogen functional groups attached to an aromatic ring is 1. The van der Waals surface area contributed by atoms with Gasteiger partial charge in [-0.15, -0.1) is 16.6 Å². The van der Waals surface area contributed by atoms with Crippen molar-refractivity contribution in [2.24, 2.45) is 0 Å². The maximum absolute atomic E-state index is 13.6. The molecule has 2 rings (SSSR count). The molecule has 1 heterocycles. The average molecular weight is 313 g/mol. The predicted octanol–water partition coefficient (Wildman–Crippen LogP) is 2.11. The Morgan fingerprint density at radius 2 is 1.71 bits per heavy atom. The standard InChI is InChI=1S/C13H14ClFN4O2/c1-13(14,7-5-4-6-8(15)9(7)16)10-17-11(20-2)19-12(18-10)21-3/h4-6H,16H2,1-3H3. The van der Waals surface area contributed by atoms with Gasteiger partial charge in [-0.2, -0.15) is 9.97 Å². The van der Waals surface area contributed by atoms with E-state index in [1.54, 1.807) is 13.0 Å². The Kier molecular flexibility index (Phi) is 4.13. The smallest absolute Gasteiger partial charge is 0.322 e. The van der Waals surface area contributed by atoms with E-state index >= 15 is 0 Å². The van der Waals surface area contributed by atoms with E-state index in [1.165, 1.54) is 26.4 Å². The minimum atomic E-state index is -1.27. The molecule has 0 spiro atoms. The fraction of sp³-hybridized carbons (Fsp3) is 0.308. The van der Waals surface area contributed by atoms with Gasteiger partial charge in [0, 0.05) is 5.56 Å². The van der Waals surface area contributed by atoms with Gasteiger partial charge in [-0.05, 0) is 13.0 Å². The summed E-state index contributed by atoms with van der Waals surface area (Å²) in [5.41, 5.74) is 6.04. The van der Waals surface area contributed by atoms with Gasteiger partial charge in [0.15, 0.2) is 5.82 Å². The van der Waals surface area contributed by atoms with Crippen LogP contribution in [-0.2, 0) is 4.87 Å². The summed E-state index contributed by atoms with van der Waals surface area (Å²) in [6.45, 7) is 1.61. The maximum Gasteiger partial charge on any atom is 0.322 e. The molecule has 0 bridgehead atoms. The molecule has 1 aromatic carbocycles. The number of nitrogens with two attached hydrogens (primary N) is 1. The second-order valence-corrected chi connectivity index (χ2v) is 5.09. The van der Waals surface area contributed by atoms with Crippen LogP contribution in [0.4, 0.5) is 10.1 Å². The molecule has 2 N–H and O–H groups in total. The first-order valence-corrected chi connectivity index (χ1v) is 6.36. The van der Waals surface area contributed by atoms with Crippen LogP contribution in [0.25, 0.3) is 0 Å². The van der Waals surface area contributed by atoms with E-state index in [0.29, 0.717) is 5.56 Å². The lowest BCUT2D eigenvalue weighted by atomic mass is 9.97. The highest BCUT2D eigenvalue weighted by Gasteiger charge is 2.33. The van der Waals surface area contributed by atoms with Gasteiger partial charge >= 0.3 is 12.0 Å². The summed E-state index contributed by atoms with van der Waals surface area (Å²) in [7, 11) is 2.81. The van der Waals surface area contributed by atoms with Crippen molar-refractivity contribution in [3.8, 4) is 12.0 Å². The topological polar surface area (TPSA) is 83.2 Å². The number of aromatic nitrogens is 3. The van der Waals surface area contributed by atoms with Crippen LogP contribution in [0.5, 0.6) is 12.0 Å². The Balaban J connectivity index is 2.60. The van der Waals surface area contributed by atoms with Crippen molar-refractivity contribution in [1.82, 2.24) is 15.0 Å². The second kappa shape index (κ2) is 5.69. The van der Waals surface area contributed by atoms with E-state index in [2.05, 4.69) is 15.0 Å². The summed E-state index contributed by atoms with van der Waals surface area (Å²) >= 11 is 6.51. The molecular weight excluding hydrogens is 299 g/mol. The van der Waals surface area contributed by atoms with Gasteiger partial charge in [0.25, 0.3) is 0 Å². The van der Waals surface area contributed by atoms with Crippen molar-refractivity contribution < 1.29 is 13.9 Å². The highest BCUT2D eigenvalue weighted by atomic mass is 35.5. The largest absolute Gasteiger partial charge is 0.467 e. The molecule has 0 amide bonds. The second-order valence-electron chi connectivity index (χ2n) is 4.34. The normalized spacial score (nSPS) is 13.6. The Labute approximate surface area is 126 Å². The Morgan fingerprint density at radius 1 is 1.14 bits per heavy atom.